The highest BCUT2D eigenvalue weighted by Gasteiger charge is 2.36. The molecule has 0 aliphatic carbocycles. The van der Waals surface area contributed by atoms with E-state index in [-0.39, 0.29) is 23.9 Å². The number of allylic oxidation sites excluding steroid dienone is 2. The van der Waals surface area contributed by atoms with Gasteiger partial charge in [0, 0.05) is 62.4 Å². The number of nitrogens with one attached hydrogen (secondary N) is 1. The van der Waals surface area contributed by atoms with E-state index >= 15 is 0 Å². The molecule has 260 valence electrons. The molecule has 1 saturated heterocycles. The van der Waals surface area contributed by atoms with Crippen LogP contribution in [0.1, 0.15) is 75.6 Å². The fourth-order valence-electron chi connectivity index (χ4n) is 7.10. The Balaban J connectivity index is 1.16. The Morgan fingerprint density at radius 1 is 0.796 bits per heavy atom. The van der Waals surface area contributed by atoms with Crippen LogP contribution in [0.25, 0.3) is 0 Å². The largest absolute Gasteiger partial charge is 0.462 e. The van der Waals surface area contributed by atoms with Crippen molar-refractivity contribution >= 4 is 11.9 Å². The van der Waals surface area contributed by atoms with E-state index in [9.17, 15) is 9.59 Å². The lowest BCUT2D eigenvalue weighted by Crippen LogP contribution is -2.48. The number of hydrogen-bond donors (Lipinski definition) is 1. The normalized spacial score (nSPS) is 17.3. The highest BCUT2D eigenvalue weighted by Crippen LogP contribution is 2.35. The first-order chi connectivity index (χ1) is 24.0. The first kappa shape index (κ1) is 36.0. The number of esters is 2. The van der Waals surface area contributed by atoms with Crippen LogP contribution in [0.2, 0.25) is 0 Å². The summed E-state index contributed by atoms with van der Waals surface area (Å²) in [5, 5.41) is 3.29. The van der Waals surface area contributed by atoms with Crippen molar-refractivity contribution in [3.05, 3.63) is 124 Å². The molecule has 3 aromatic rings. The molecule has 5 rings (SSSR count). The summed E-state index contributed by atoms with van der Waals surface area (Å²) in [5.74, 6) is -1.08. The maximum Gasteiger partial charge on any atom is 0.336 e. The number of aryl methyl sites for hydroxylation is 1. The zero-order valence-corrected chi connectivity index (χ0v) is 29.4. The highest BCUT2D eigenvalue weighted by atomic mass is 16.5. The van der Waals surface area contributed by atoms with Crippen LogP contribution in [0.4, 0.5) is 0 Å². The van der Waals surface area contributed by atoms with Gasteiger partial charge in [-0.15, -0.1) is 0 Å². The van der Waals surface area contributed by atoms with E-state index in [1.54, 1.807) is 6.20 Å². The number of carbonyl (C=O) groups is 2. The van der Waals surface area contributed by atoms with Gasteiger partial charge in [-0.3, -0.25) is 14.8 Å². The van der Waals surface area contributed by atoms with Gasteiger partial charge in [0.2, 0.25) is 0 Å². The number of carbonyl (C=O) groups excluding carboxylic acids is 2. The molecular formula is C41H52N4O4. The molecule has 1 fully saturated rings. The number of unbranched alkanes of at least 4 members (excludes halogenated alkanes) is 2. The number of rotatable bonds is 16. The summed E-state index contributed by atoms with van der Waals surface area (Å²) in [4.78, 5) is 36.3. The van der Waals surface area contributed by atoms with E-state index in [4.69, 9.17) is 9.47 Å². The van der Waals surface area contributed by atoms with Crippen molar-refractivity contribution in [2.75, 3.05) is 45.9 Å². The van der Waals surface area contributed by atoms with Gasteiger partial charge in [-0.1, -0.05) is 92.9 Å². The third-order valence-electron chi connectivity index (χ3n) is 9.63. The highest BCUT2D eigenvalue weighted by molar-refractivity contribution is 5.97. The molecule has 1 unspecified atom stereocenters. The number of piperazine rings is 1. The van der Waals surface area contributed by atoms with Crippen LogP contribution >= 0.6 is 0 Å². The zero-order chi connectivity index (χ0) is 34.4. The van der Waals surface area contributed by atoms with Crippen LogP contribution in [0, 0.1) is 5.92 Å². The number of ether oxygens (including phenoxy) is 2. The molecule has 0 saturated carbocycles. The van der Waals surface area contributed by atoms with Crippen LogP contribution in [0.15, 0.2) is 108 Å². The summed E-state index contributed by atoms with van der Waals surface area (Å²) in [7, 11) is 0. The molecule has 2 aliphatic rings. The average Bonchev–Trinajstić information content (AvgIpc) is 3.12. The SMILES string of the molecule is CCCCCC1C(C(=O)OCCCc2cccnc2)=C(C)NC(C)=C1C(=O)OCCN1CCN(C(c2ccccc2)c2ccccc2)CC1. The minimum Gasteiger partial charge on any atom is -0.462 e. The second-order valence-corrected chi connectivity index (χ2v) is 13.1. The van der Waals surface area contributed by atoms with Crippen molar-refractivity contribution in [1.29, 1.82) is 0 Å². The third kappa shape index (κ3) is 9.89. The monoisotopic (exact) mass is 664 g/mol. The van der Waals surface area contributed by atoms with E-state index in [0.717, 1.165) is 68.8 Å². The molecule has 0 radical (unpaired) electrons. The van der Waals surface area contributed by atoms with Crippen LogP contribution in [-0.2, 0) is 25.5 Å². The van der Waals surface area contributed by atoms with Crippen LogP contribution in [0.3, 0.4) is 0 Å². The molecular weight excluding hydrogens is 612 g/mol. The molecule has 8 heteroatoms. The number of dihydropyridines is 1. The molecule has 1 aromatic heterocycles. The fourth-order valence-corrected chi connectivity index (χ4v) is 7.10. The van der Waals surface area contributed by atoms with Crippen molar-refractivity contribution in [1.82, 2.24) is 20.1 Å². The summed E-state index contributed by atoms with van der Waals surface area (Å²) < 4.78 is 11.7. The molecule has 1 N–H and O–H groups in total. The Bertz CT molecular complexity index is 1510. The predicted octanol–water partition coefficient (Wildman–Crippen LogP) is 6.86. The molecule has 0 bridgehead atoms. The van der Waals surface area contributed by atoms with E-state index in [1.165, 1.54) is 11.1 Å². The molecule has 0 spiro atoms. The summed E-state index contributed by atoms with van der Waals surface area (Å²) in [6.07, 6.45) is 8.75. The lowest BCUT2D eigenvalue weighted by atomic mass is 9.82. The fraction of sp³-hybridized carbons (Fsp3) is 0.439. The van der Waals surface area contributed by atoms with Crippen molar-refractivity contribution in [2.45, 2.75) is 65.3 Å². The maximum absolute atomic E-state index is 13.7. The van der Waals surface area contributed by atoms with Crippen LogP contribution in [-0.4, -0.2) is 72.7 Å². The summed E-state index contributed by atoms with van der Waals surface area (Å²) >= 11 is 0. The van der Waals surface area contributed by atoms with Crippen molar-refractivity contribution in [3.8, 4) is 0 Å². The van der Waals surface area contributed by atoms with E-state index in [0.29, 0.717) is 43.7 Å². The third-order valence-corrected chi connectivity index (χ3v) is 9.63. The van der Waals surface area contributed by atoms with Gasteiger partial charge < -0.3 is 14.8 Å². The summed E-state index contributed by atoms with van der Waals surface area (Å²) in [6.45, 7) is 10.9. The van der Waals surface area contributed by atoms with Crippen molar-refractivity contribution in [2.24, 2.45) is 5.92 Å². The van der Waals surface area contributed by atoms with E-state index in [1.807, 2.05) is 32.2 Å². The van der Waals surface area contributed by atoms with Crippen LogP contribution in [0.5, 0.6) is 0 Å². The second kappa shape index (κ2) is 18.5. The Morgan fingerprint density at radius 2 is 1.41 bits per heavy atom. The minimum absolute atomic E-state index is 0.208. The molecule has 49 heavy (non-hydrogen) atoms. The quantitative estimate of drug-likeness (QED) is 0.132. The molecule has 8 nitrogen and oxygen atoms in total. The van der Waals surface area contributed by atoms with Crippen molar-refractivity contribution < 1.29 is 19.1 Å². The number of hydrogen-bond acceptors (Lipinski definition) is 8. The lowest BCUT2D eigenvalue weighted by Gasteiger charge is -2.39. The van der Waals surface area contributed by atoms with Gasteiger partial charge in [0.1, 0.15) is 6.61 Å². The first-order valence-electron chi connectivity index (χ1n) is 17.9. The number of benzene rings is 2. The van der Waals surface area contributed by atoms with Gasteiger partial charge in [-0.2, -0.15) is 0 Å². The number of aromatic nitrogens is 1. The van der Waals surface area contributed by atoms with Crippen LogP contribution < -0.4 is 5.32 Å². The molecule has 0 amide bonds. The summed E-state index contributed by atoms with van der Waals surface area (Å²) in [5.41, 5.74) is 6.28. The van der Waals surface area contributed by atoms with Gasteiger partial charge >= 0.3 is 11.9 Å². The zero-order valence-electron chi connectivity index (χ0n) is 29.4. The smallest absolute Gasteiger partial charge is 0.336 e. The Hall–Kier alpha value is -4.27. The molecule has 2 aliphatic heterocycles. The Kier molecular flexibility index (Phi) is 13.6. The summed E-state index contributed by atoms with van der Waals surface area (Å²) in [6, 6.07) is 25.5. The molecule has 1 atom stereocenters. The number of pyridine rings is 1. The maximum atomic E-state index is 13.7. The standard InChI is InChI=1S/C41H52N4O4/c1-4-5-8-21-36-37(40(46)48-28-14-16-33-15-13-22-42-30-33)31(2)43-32(3)38(36)41(47)49-29-27-44-23-25-45(26-24-44)39(34-17-9-6-10-18-34)35-19-11-7-12-20-35/h6-7,9-13,15,17-20,22,30,36,39,43H,4-5,8,14,16,21,23-29H2,1-3H3. The molecule has 2 aromatic carbocycles. The van der Waals surface area contributed by atoms with Gasteiger partial charge in [-0.25, -0.2) is 9.59 Å². The topological polar surface area (TPSA) is 84.0 Å². The Labute approximate surface area is 292 Å². The van der Waals surface area contributed by atoms with Gasteiger partial charge in [0.05, 0.1) is 23.8 Å². The van der Waals surface area contributed by atoms with E-state index < -0.39 is 0 Å². The van der Waals surface area contributed by atoms with Gasteiger partial charge in [-0.05, 0) is 55.9 Å². The van der Waals surface area contributed by atoms with Gasteiger partial charge in [0.25, 0.3) is 0 Å². The number of nitrogens with zero attached hydrogens (tertiary/aromatic N) is 3. The predicted molar refractivity (Wildman–Crippen MR) is 193 cm³/mol. The minimum atomic E-state index is -0.363. The molecule has 3 heterocycles. The Morgan fingerprint density at radius 3 is 1.98 bits per heavy atom. The second-order valence-electron chi connectivity index (χ2n) is 13.1. The van der Waals surface area contributed by atoms with Crippen molar-refractivity contribution in [3.63, 3.8) is 0 Å². The van der Waals surface area contributed by atoms with Gasteiger partial charge in [0.15, 0.2) is 0 Å². The van der Waals surface area contributed by atoms with E-state index in [2.05, 4.69) is 87.7 Å². The lowest BCUT2D eigenvalue weighted by molar-refractivity contribution is -0.141. The average molecular weight is 665 g/mol. The first-order valence-corrected chi connectivity index (χ1v) is 17.9.